The number of pyridine rings is 1. The molecule has 0 aliphatic rings. The van der Waals surface area contributed by atoms with Gasteiger partial charge in [-0.1, -0.05) is 19.1 Å². The number of hydrogen-bond donors (Lipinski definition) is 2. The van der Waals surface area contributed by atoms with E-state index < -0.39 is 0 Å². The van der Waals surface area contributed by atoms with E-state index in [0.29, 0.717) is 23.0 Å². The first-order valence-electron chi connectivity index (χ1n) is 8.51. The Morgan fingerprint density at radius 2 is 1.88 bits per heavy atom. The lowest BCUT2D eigenvalue weighted by Crippen LogP contribution is -2.16. The monoisotopic (exact) mass is 344 g/mol. The molecule has 2 heterocycles. The number of para-hydroxylation sites is 1. The first-order chi connectivity index (χ1) is 12.7. The summed E-state index contributed by atoms with van der Waals surface area (Å²) >= 11 is 0. The van der Waals surface area contributed by atoms with Gasteiger partial charge in [0.05, 0.1) is 16.9 Å². The van der Waals surface area contributed by atoms with Gasteiger partial charge in [0.25, 0.3) is 0 Å². The zero-order valence-corrected chi connectivity index (χ0v) is 14.8. The number of anilines is 3. The van der Waals surface area contributed by atoms with Crippen LogP contribution in [0.4, 0.5) is 17.5 Å². The number of nitriles is 1. The molecule has 0 bridgehead atoms. The fraction of sp³-hybridized carbons (Fsp3) is 0.200. The zero-order chi connectivity index (χ0) is 18.4. The predicted molar refractivity (Wildman–Crippen MR) is 103 cm³/mol. The van der Waals surface area contributed by atoms with Crippen LogP contribution in [-0.2, 0) is 0 Å². The lowest BCUT2D eigenvalue weighted by Gasteiger charge is -2.15. The molecule has 2 aromatic heterocycles. The van der Waals surface area contributed by atoms with Crippen LogP contribution in [0.1, 0.15) is 25.8 Å². The smallest absolute Gasteiger partial charge is 0.225 e. The fourth-order valence-corrected chi connectivity index (χ4v) is 2.40. The Balaban J connectivity index is 2.01. The second kappa shape index (κ2) is 8.08. The van der Waals surface area contributed by atoms with Gasteiger partial charge in [0.15, 0.2) is 0 Å². The maximum Gasteiger partial charge on any atom is 0.225 e. The van der Waals surface area contributed by atoms with Crippen molar-refractivity contribution in [2.75, 3.05) is 10.6 Å². The van der Waals surface area contributed by atoms with Crippen LogP contribution >= 0.6 is 0 Å². The van der Waals surface area contributed by atoms with Crippen LogP contribution in [0.2, 0.25) is 0 Å². The molecule has 0 radical (unpaired) electrons. The quantitative estimate of drug-likeness (QED) is 0.691. The molecule has 0 aliphatic carbocycles. The second-order valence-electron chi connectivity index (χ2n) is 5.93. The van der Waals surface area contributed by atoms with Crippen molar-refractivity contribution in [3.63, 3.8) is 0 Å². The van der Waals surface area contributed by atoms with Crippen LogP contribution in [0.15, 0.2) is 54.9 Å². The lowest BCUT2D eigenvalue weighted by atomic mass is 10.1. The Hall–Kier alpha value is -3.46. The molecule has 0 amide bonds. The maximum absolute atomic E-state index is 9.29. The summed E-state index contributed by atoms with van der Waals surface area (Å²) in [6, 6.07) is 15.5. The van der Waals surface area contributed by atoms with E-state index in [-0.39, 0.29) is 6.04 Å². The molecule has 0 aliphatic heterocycles. The van der Waals surface area contributed by atoms with E-state index in [1.54, 1.807) is 18.5 Å². The van der Waals surface area contributed by atoms with Crippen LogP contribution in [0.5, 0.6) is 0 Å². The van der Waals surface area contributed by atoms with Gasteiger partial charge < -0.3 is 10.6 Å². The highest BCUT2D eigenvalue weighted by Crippen LogP contribution is 2.25. The minimum absolute atomic E-state index is 0.252. The summed E-state index contributed by atoms with van der Waals surface area (Å²) in [6.07, 6.45) is 4.43. The minimum atomic E-state index is 0.252. The van der Waals surface area contributed by atoms with Gasteiger partial charge in [-0.15, -0.1) is 0 Å². The molecule has 26 heavy (non-hydrogen) atoms. The molecule has 2 N–H and O–H groups in total. The SMILES string of the molecule is CC[C@H](C)Nc1nc(Nc2ccccc2C#N)cc(-c2ccncc2)n1. The summed E-state index contributed by atoms with van der Waals surface area (Å²) in [5, 5.41) is 15.8. The number of rotatable bonds is 6. The van der Waals surface area contributed by atoms with Gasteiger partial charge >= 0.3 is 0 Å². The molecule has 0 unspecified atom stereocenters. The van der Waals surface area contributed by atoms with Gasteiger partial charge in [0.1, 0.15) is 11.9 Å². The number of nitrogens with zero attached hydrogens (tertiary/aromatic N) is 4. The van der Waals surface area contributed by atoms with Crippen molar-refractivity contribution in [3.05, 3.63) is 60.4 Å². The summed E-state index contributed by atoms with van der Waals surface area (Å²) in [5.74, 6) is 1.17. The van der Waals surface area contributed by atoms with Crippen LogP contribution in [0.25, 0.3) is 11.3 Å². The van der Waals surface area contributed by atoms with Crippen molar-refractivity contribution in [1.29, 1.82) is 5.26 Å². The van der Waals surface area contributed by atoms with Crippen molar-refractivity contribution in [2.45, 2.75) is 26.3 Å². The molecule has 0 spiro atoms. The largest absolute Gasteiger partial charge is 0.352 e. The Kier molecular flexibility index (Phi) is 5.40. The average molecular weight is 344 g/mol. The highest BCUT2D eigenvalue weighted by Gasteiger charge is 2.10. The van der Waals surface area contributed by atoms with Crippen molar-refractivity contribution in [1.82, 2.24) is 15.0 Å². The van der Waals surface area contributed by atoms with E-state index >= 15 is 0 Å². The first-order valence-corrected chi connectivity index (χ1v) is 8.51. The normalized spacial score (nSPS) is 11.4. The summed E-state index contributed by atoms with van der Waals surface area (Å²) in [5.41, 5.74) is 3.01. The van der Waals surface area contributed by atoms with Crippen molar-refractivity contribution < 1.29 is 0 Å². The molecule has 3 aromatic rings. The molecule has 0 saturated carbocycles. The molecular formula is C20H20N6. The average Bonchev–Trinajstić information content (AvgIpc) is 2.69. The van der Waals surface area contributed by atoms with E-state index in [1.807, 2.05) is 36.4 Å². The summed E-state index contributed by atoms with van der Waals surface area (Å²) in [4.78, 5) is 13.2. The topological polar surface area (TPSA) is 86.5 Å². The number of hydrogen-bond acceptors (Lipinski definition) is 6. The van der Waals surface area contributed by atoms with Gasteiger partial charge in [-0.2, -0.15) is 10.2 Å². The second-order valence-corrected chi connectivity index (χ2v) is 5.93. The van der Waals surface area contributed by atoms with Crippen LogP contribution in [-0.4, -0.2) is 21.0 Å². The third-order valence-corrected chi connectivity index (χ3v) is 4.00. The molecular weight excluding hydrogens is 324 g/mol. The van der Waals surface area contributed by atoms with Crippen LogP contribution in [0.3, 0.4) is 0 Å². The van der Waals surface area contributed by atoms with E-state index in [1.165, 1.54) is 0 Å². The highest BCUT2D eigenvalue weighted by atomic mass is 15.2. The van der Waals surface area contributed by atoms with E-state index in [4.69, 9.17) is 0 Å². The predicted octanol–water partition coefficient (Wildman–Crippen LogP) is 4.36. The summed E-state index contributed by atoms with van der Waals surface area (Å²) < 4.78 is 0. The zero-order valence-electron chi connectivity index (χ0n) is 14.8. The number of nitrogens with one attached hydrogen (secondary N) is 2. The van der Waals surface area contributed by atoms with Gasteiger partial charge in [-0.05, 0) is 37.6 Å². The molecule has 0 saturated heterocycles. The third kappa shape index (κ3) is 4.14. The fourth-order valence-electron chi connectivity index (χ4n) is 2.40. The standard InChI is InChI=1S/C20H20N6/c1-3-14(2)23-20-25-18(15-8-10-22-11-9-15)12-19(26-20)24-17-7-5-4-6-16(17)13-21/h4-12,14H,3H2,1-2H3,(H2,23,24,25,26)/t14-/m0/s1. The Morgan fingerprint density at radius 1 is 1.12 bits per heavy atom. The number of benzene rings is 1. The molecule has 6 heteroatoms. The molecule has 1 atom stereocenters. The molecule has 130 valence electrons. The van der Waals surface area contributed by atoms with E-state index in [2.05, 4.69) is 45.5 Å². The Bertz CT molecular complexity index is 917. The molecule has 0 fully saturated rings. The van der Waals surface area contributed by atoms with Crippen molar-refractivity contribution in [3.8, 4) is 17.3 Å². The molecule has 3 rings (SSSR count). The lowest BCUT2D eigenvalue weighted by molar-refractivity contribution is 0.753. The number of aromatic nitrogens is 3. The summed E-state index contributed by atoms with van der Waals surface area (Å²) in [7, 11) is 0. The van der Waals surface area contributed by atoms with Crippen LogP contribution in [0, 0.1) is 11.3 Å². The van der Waals surface area contributed by atoms with E-state index in [0.717, 1.165) is 17.7 Å². The van der Waals surface area contributed by atoms with Crippen LogP contribution < -0.4 is 10.6 Å². The molecule has 1 aromatic carbocycles. The highest BCUT2D eigenvalue weighted by molar-refractivity contribution is 5.69. The Labute approximate surface area is 153 Å². The molecule has 6 nitrogen and oxygen atoms in total. The van der Waals surface area contributed by atoms with Crippen molar-refractivity contribution >= 4 is 17.5 Å². The minimum Gasteiger partial charge on any atom is -0.352 e. The van der Waals surface area contributed by atoms with Gasteiger partial charge in [-0.3, -0.25) is 4.98 Å². The summed E-state index contributed by atoms with van der Waals surface area (Å²) in [6.45, 7) is 4.19. The van der Waals surface area contributed by atoms with Gasteiger partial charge in [0, 0.05) is 30.1 Å². The maximum atomic E-state index is 9.29. The first kappa shape index (κ1) is 17.4. The third-order valence-electron chi connectivity index (χ3n) is 4.00. The van der Waals surface area contributed by atoms with Gasteiger partial charge in [0.2, 0.25) is 5.95 Å². The van der Waals surface area contributed by atoms with E-state index in [9.17, 15) is 5.26 Å². The van der Waals surface area contributed by atoms with Gasteiger partial charge in [-0.25, -0.2) is 4.98 Å². The van der Waals surface area contributed by atoms with Crippen molar-refractivity contribution in [2.24, 2.45) is 0 Å². The Morgan fingerprint density at radius 3 is 2.62 bits per heavy atom.